The van der Waals surface area contributed by atoms with E-state index in [4.69, 9.17) is 9.47 Å². The molecule has 7 heteroatoms. The van der Waals surface area contributed by atoms with Crippen LogP contribution in [0.4, 0.5) is 0 Å². The second kappa shape index (κ2) is 33.2. The van der Waals surface area contributed by atoms with E-state index in [-0.39, 0.29) is 18.0 Å². The van der Waals surface area contributed by atoms with Crippen LogP contribution in [0.1, 0.15) is 155 Å². The minimum absolute atomic E-state index is 0.0285. The first-order valence-electron chi connectivity index (χ1n) is 17.4. The number of unbranched alkanes of at least 4 members (excludes halogenated alkanes) is 14. The van der Waals surface area contributed by atoms with Crippen LogP contribution in [-0.4, -0.2) is 61.7 Å². The van der Waals surface area contributed by atoms with Crippen LogP contribution < -0.4 is 0 Å². The Labute approximate surface area is 268 Å². The number of hydrogen-bond donors (Lipinski definition) is 0. The Morgan fingerprint density at radius 2 is 1.17 bits per heavy atom. The van der Waals surface area contributed by atoms with Crippen LogP contribution in [0, 0.1) is 0 Å². The lowest BCUT2D eigenvalue weighted by Crippen LogP contribution is -2.18. The minimum Gasteiger partial charge on any atom is -0.466 e. The second-order valence-corrected chi connectivity index (χ2v) is 14.6. The van der Waals surface area contributed by atoms with Gasteiger partial charge in [0.1, 0.15) is 6.10 Å². The van der Waals surface area contributed by atoms with Crippen LogP contribution in [0.25, 0.3) is 0 Å². The maximum absolute atomic E-state index is 12.6. The van der Waals surface area contributed by atoms with Crippen LogP contribution in [0.5, 0.6) is 0 Å². The van der Waals surface area contributed by atoms with Crippen molar-refractivity contribution in [1.82, 2.24) is 4.90 Å². The first-order valence-corrected chi connectivity index (χ1v) is 19.9. The molecule has 1 unspecified atom stereocenters. The molecular formula is C35H67NO4S2. The van der Waals surface area contributed by atoms with E-state index in [2.05, 4.69) is 30.9 Å². The number of hydrogen-bond acceptors (Lipinski definition) is 7. The third-order valence-corrected chi connectivity index (χ3v) is 9.76. The predicted molar refractivity (Wildman–Crippen MR) is 186 cm³/mol. The van der Waals surface area contributed by atoms with E-state index in [9.17, 15) is 9.59 Å². The van der Waals surface area contributed by atoms with Gasteiger partial charge in [-0.25, -0.2) is 0 Å². The van der Waals surface area contributed by atoms with E-state index >= 15 is 0 Å². The lowest BCUT2D eigenvalue weighted by molar-refractivity contribution is -0.149. The Hall–Kier alpha value is -0.660. The largest absolute Gasteiger partial charge is 0.466 e. The Kier molecular flexibility index (Phi) is 32.7. The molecule has 0 rings (SSSR count). The van der Waals surface area contributed by atoms with Gasteiger partial charge in [-0.2, -0.15) is 0 Å². The second-order valence-electron chi connectivity index (χ2n) is 11.9. The predicted octanol–water partition coefficient (Wildman–Crippen LogP) is 10.6. The Bertz CT molecular complexity index is 630. The van der Waals surface area contributed by atoms with Gasteiger partial charge in [0.15, 0.2) is 0 Å². The molecule has 0 aromatic rings. The van der Waals surface area contributed by atoms with Gasteiger partial charge in [0, 0.05) is 18.1 Å². The van der Waals surface area contributed by atoms with Crippen molar-refractivity contribution in [3.63, 3.8) is 0 Å². The summed E-state index contributed by atoms with van der Waals surface area (Å²) in [5.74, 6) is 1.20. The van der Waals surface area contributed by atoms with Crippen LogP contribution in [-0.2, 0) is 19.1 Å². The monoisotopic (exact) mass is 629 g/mol. The Morgan fingerprint density at radius 3 is 1.76 bits per heavy atom. The Balaban J connectivity index is 4.10. The summed E-state index contributed by atoms with van der Waals surface area (Å²) in [7, 11) is 7.30. The number of carbonyl (C=O) groups is 2. The zero-order valence-electron chi connectivity index (χ0n) is 28.0. The van der Waals surface area contributed by atoms with Crippen molar-refractivity contribution in [3.05, 3.63) is 12.2 Å². The fourth-order valence-electron chi connectivity index (χ4n) is 4.76. The average molecular weight is 630 g/mol. The van der Waals surface area contributed by atoms with Crippen molar-refractivity contribution >= 4 is 33.5 Å². The number of esters is 2. The van der Waals surface area contributed by atoms with E-state index in [1.54, 1.807) is 21.6 Å². The van der Waals surface area contributed by atoms with Crippen molar-refractivity contribution in [3.8, 4) is 0 Å². The lowest BCUT2D eigenvalue weighted by atomic mass is 10.0. The molecule has 0 saturated heterocycles. The van der Waals surface area contributed by atoms with Crippen LogP contribution in [0.3, 0.4) is 0 Å². The summed E-state index contributed by atoms with van der Waals surface area (Å²) in [6.07, 6.45) is 30.2. The Morgan fingerprint density at radius 1 is 0.643 bits per heavy atom. The zero-order valence-corrected chi connectivity index (χ0v) is 29.6. The molecule has 0 aromatic carbocycles. The zero-order chi connectivity index (χ0) is 30.9. The molecule has 0 spiro atoms. The van der Waals surface area contributed by atoms with Gasteiger partial charge >= 0.3 is 11.9 Å². The highest BCUT2D eigenvalue weighted by molar-refractivity contribution is 8.76. The van der Waals surface area contributed by atoms with Crippen molar-refractivity contribution in [2.24, 2.45) is 0 Å². The van der Waals surface area contributed by atoms with Crippen molar-refractivity contribution < 1.29 is 19.1 Å². The van der Waals surface area contributed by atoms with Crippen LogP contribution in [0.2, 0.25) is 0 Å². The van der Waals surface area contributed by atoms with Gasteiger partial charge in [0.05, 0.1) is 19.4 Å². The average Bonchev–Trinajstić information content (AvgIpc) is 2.96. The first kappa shape index (κ1) is 41.3. The summed E-state index contributed by atoms with van der Waals surface area (Å²) in [5, 5.41) is 0. The van der Waals surface area contributed by atoms with Crippen LogP contribution in [0.15, 0.2) is 12.2 Å². The molecule has 0 fully saturated rings. The number of ether oxygens (including phenoxy) is 2. The standard InChI is InChI=1S/C35H67NO4S2/c1-5-7-9-11-13-14-15-16-17-19-21-23-26-33(25-22-20-18-12-10-8-6-2)40-35(38)28-32-42-41-31-27-34(37)39-30-24-29-36(3)4/h18,20,33H,5-17,19,21-32H2,1-4H3/b20-18-. The van der Waals surface area contributed by atoms with Crippen molar-refractivity contribution in [2.75, 3.05) is 38.8 Å². The fraction of sp³-hybridized carbons (Fsp3) is 0.886. The molecule has 0 aliphatic rings. The SMILES string of the molecule is CCCCC/C=C\CCC(CCCCCCCCCCCCCC)OC(=O)CCSSCCC(=O)OCCCN(C)C. The summed E-state index contributed by atoms with van der Waals surface area (Å²) >= 11 is 0. The molecule has 1 atom stereocenters. The lowest BCUT2D eigenvalue weighted by Gasteiger charge is -2.17. The highest BCUT2D eigenvalue weighted by Gasteiger charge is 2.14. The van der Waals surface area contributed by atoms with Crippen LogP contribution >= 0.6 is 21.6 Å². The molecule has 0 aromatic heterocycles. The molecule has 0 N–H and O–H groups in total. The van der Waals surface area contributed by atoms with E-state index in [0.717, 1.165) is 45.1 Å². The normalized spacial score (nSPS) is 12.3. The molecule has 0 saturated carbocycles. The van der Waals surface area contributed by atoms with Gasteiger partial charge in [0.25, 0.3) is 0 Å². The van der Waals surface area contributed by atoms with Gasteiger partial charge in [-0.05, 0) is 59.0 Å². The number of carbonyl (C=O) groups excluding carboxylic acids is 2. The summed E-state index contributed by atoms with van der Waals surface area (Å²) in [4.78, 5) is 26.5. The molecule has 0 aliphatic heterocycles. The fourth-order valence-corrected chi connectivity index (χ4v) is 6.70. The summed E-state index contributed by atoms with van der Waals surface area (Å²) in [6, 6.07) is 0. The molecule has 0 heterocycles. The van der Waals surface area contributed by atoms with Gasteiger partial charge < -0.3 is 14.4 Å². The molecule has 42 heavy (non-hydrogen) atoms. The number of nitrogens with zero attached hydrogens (tertiary/aromatic N) is 1. The topological polar surface area (TPSA) is 55.8 Å². The smallest absolute Gasteiger partial charge is 0.306 e. The van der Waals surface area contributed by atoms with Gasteiger partial charge in [-0.15, -0.1) is 0 Å². The third-order valence-electron chi connectivity index (χ3n) is 7.35. The first-order chi connectivity index (χ1) is 20.5. The van der Waals surface area contributed by atoms with Gasteiger partial charge in [0.2, 0.25) is 0 Å². The van der Waals surface area contributed by atoms with E-state index in [0.29, 0.717) is 31.0 Å². The molecular weight excluding hydrogens is 563 g/mol. The molecule has 0 bridgehead atoms. The maximum atomic E-state index is 12.6. The molecule has 0 aliphatic carbocycles. The molecule has 0 radical (unpaired) electrons. The van der Waals surface area contributed by atoms with Crippen molar-refractivity contribution in [1.29, 1.82) is 0 Å². The van der Waals surface area contributed by atoms with Crippen molar-refractivity contribution in [2.45, 2.75) is 161 Å². The maximum Gasteiger partial charge on any atom is 0.306 e. The number of rotatable bonds is 32. The van der Waals surface area contributed by atoms with E-state index in [1.807, 2.05) is 14.1 Å². The highest BCUT2D eigenvalue weighted by atomic mass is 33.1. The van der Waals surface area contributed by atoms with Gasteiger partial charge in [-0.1, -0.05) is 131 Å². The third kappa shape index (κ3) is 32.3. The molecule has 248 valence electrons. The summed E-state index contributed by atoms with van der Waals surface area (Å²) in [5.41, 5.74) is 0. The van der Waals surface area contributed by atoms with Gasteiger partial charge in [-0.3, -0.25) is 9.59 Å². The summed E-state index contributed by atoms with van der Waals surface area (Å²) < 4.78 is 11.2. The summed E-state index contributed by atoms with van der Waals surface area (Å²) in [6.45, 7) is 5.92. The van der Waals surface area contributed by atoms with E-state index in [1.165, 1.54) is 89.9 Å². The highest BCUT2D eigenvalue weighted by Crippen LogP contribution is 2.24. The molecule has 5 nitrogen and oxygen atoms in total. The van der Waals surface area contributed by atoms with E-state index < -0.39 is 0 Å². The number of allylic oxidation sites excluding steroid dienone is 2. The quantitative estimate of drug-likeness (QED) is 0.0317. The minimum atomic E-state index is -0.138. The molecule has 0 amide bonds.